The van der Waals surface area contributed by atoms with Crippen molar-refractivity contribution >= 4 is 11.9 Å². The number of aliphatic carboxylic acids is 1. The molecule has 4 saturated carbocycles. The fourth-order valence-electron chi connectivity index (χ4n) is 17.9. The highest BCUT2D eigenvalue weighted by molar-refractivity contribution is 5.72. The summed E-state index contributed by atoms with van der Waals surface area (Å²) in [6.07, 6.45) is 11.6. The zero-order chi connectivity index (χ0) is 64.2. The summed E-state index contributed by atoms with van der Waals surface area (Å²) in [7, 11) is 0. The minimum absolute atomic E-state index is 0.00162. The van der Waals surface area contributed by atoms with Crippen molar-refractivity contribution in [1.82, 2.24) is 0 Å². The molecule has 0 radical (unpaired) electrons. The molecule has 0 spiro atoms. The van der Waals surface area contributed by atoms with E-state index in [1.165, 1.54) is 22.3 Å². The van der Waals surface area contributed by atoms with E-state index in [-0.39, 0.29) is 48.9 Å². The Morgan fingerprint density at radius 3 is 1.27 bits per heavy atom. The number of aliphatic hydroxyl groups is 2. The summed E-state index contributed by atoms with van der Waals surface area (Å²) in [5.74, 6) is -7.76. The van der Waals surface area contributed by atoms with E-state index in [4.69, 9.17) is 4.74 Å². The van der Waals surface area contributed by atoms with E-state index in [0.29, 0.717) is 84.5 Å². The van der Waals surface area contributed by atoms with Crippen molar-refractivity contribution in [2.75, 3.05) is 6.61 Å². The first-order valence-corrected chi connectivity index (χ1v) is 33.8. The molecule has 4 fully saturated rings. The molecule has 18 heteroatoms. The number of carbonyl (C=O) groups excluding carboxylic acids is 1. The molecule has 88 heavy (non-hydrogen) atoms. The molecule has 2 aromatic rings. The van der Waals surface area contributed by atoms with Gasteiger partial charge in [-0.1, -0.05) is 116 Å². The largest absolute Gasteiger partial charge is 0.508 e. The van der Waals surface area contributed by atoms with Crippen LogP contribution in [0, 0.1) is 58.2 Å². The maximum absolute atomic E-state index is 13.3. The topological polar surface area (TPSA) is 145 Å². The monoisotopic (exact) mass is 1260 g/mol. The third-order valence-corrected chi connectivity index (χ3v) is 22.8. The third kappa shape index (κ3) is 17.7. The molecule has 0 aliphatic heterocycles. The molecule has 0 aromatic heterocycles. The zero-order valence-electron chi connectivity index (χ0n) is 52.4. The molecule has 0 bridgehead atoms. The molecule has 500 valence electrons. The number of hydrogen-bond donors (Lipinski definition) is 5. The highest BCUT2D eigenvalue weighted by Gasteiger charge is 2.60. The summed E-state index contributed by atoms with van der Waals surface area (Å²) in [4.78, 5) is 23.7. The van der Waals surface area contributed by atoms with Crippen LogP contribution in [0.3, 0.4) is 0 Å². The van der Waals surface area contributed by atoms with Gasteiger partial charge >= 0.3 is 36.1 Å². The lowest BCUT2D eigenvalue weighted by Crippen LogP contribution is -2.47. The minimum Gasteiger partial charge on any atom is -0.508 e. The van der Waals surface area contributed by atoms with Gasteiger partial charge in [-0.25, -0.2) is 0 Å². The molecular weight excluding hydrogens is 1160 g/mol. The normalized spacial score (nSPS) is 29.1. The van der Waals surface area contributed by atoms with Crippen molar-refractivity contribution in [3.05, 3.63) is 58.7 Å². The number of carboxylic acid groups (broad SMARTS) is 1. The van der Waals surface area contributed by atoms with Gasteiger partial charge in [0.1, 0.15) is 11.5 Å². The number of hydrogen-bond acceptors (Lipinski definition) is 7. The first kappa shape index (κ1) is 71.6. The van der Waals surface area contributed by atoms with Gasteiger partial charge < -0.3 is 30.3 Å². The maximum Gasteiger partial charge on any atom is 0.453 e. The van der Waals surface area contributed by atoms with Crippen LogP contribution in [0.2, 0.25) is 0 Å². The number of halogens is 10. The second kappa shape index (κ2) is 31.2. The number of alkyl halides is 10. The lowest BCUT2D eigenvalue weighted by molar-refractivity contribution is -0.284. The van der Waals surface area contributed by atoms with Crippen molar-refractivity contribution in [1.29, 1.82) is 0 Å². The van der Waals surface area contributed by atoms with Crippen LogP contribution < -0.4 is 0 Å². The second-order valence-corrected chi connectivity index (χ2v) is 28.3. The predicted octanol–water partition coefficient (Wildman–Crippen LogP) is 19.3. The Bertz CT molecular complexity index is 2520. The van der Waals surface area contributed by atoms with Gasteiger partial charge in [0.15, 0.2) is 0 Å². The van der Waals surface area contributed by atoms with Gasteiger partial charge in [-0.15, -0.1) is 0 Å². The van der Waals surface area contributed by atoms with Crippen LogP contribution in [0.1, 0.15) is 260 Å². The number of ether oxygens (including phenoxy) is 1. The number of phenols is 2. The third-order valence-electron chi connectivity index (χ3n) is 22.8. The summed E-state index contributed by atoms with van der Waals surface area (Å²) >= 11 is 0. The van der Waals surface area contributed by atoms with E-state index in [0.717, 1.165) is 154 Å². The number of rotatable bonds is 31. The van der Waals surface area contributed by atoms with Crippen molar-refractivity contribution in [3.63, 3.8) is 0 Å². The van der Waals surface area contributed by atoms with Crippen LogP contribution in [0.4, 0.5) is 43.9 Å². The highest BCUT2D eigenvalue weighted by Crippen LogP contribution is 2.64. The number of aliphatic hydroxyl groups excluding tert-OH is 2. The molecule has 2 aromatic carbocycles. The van der Waals surface area contributed by atoms with Gasteiger partial charge in [0.2, 0.25) is 0 Å². The fourth-order valence-corrected chi connectivity index (χ4v) is 17.9. The van der Waals surface area contributed by atoms with Crippen LogP contribution in [0.25, 0.3) is 0 Å². The van der Waals surface area contributed by atoms with E-state index < -0.39 is 67.2 Å². The molecule has 6 aliphatic carbocycles. The first-order chi connectivity index (χ1) is 41.5. The molecule has 14 atom stereocenters. The molecule has 0 heterocycles. The second-order valence-electron chi connectivity index (χ2n) is 28.3. The van der Waals surface area contributed by atoms with E-state index in [2.05, 4.69) is 26.0 Å². The van der Waals surface area contributed by atoms with E-state index >= 15 is 0 Å². The van der Waals surface area contributed by atoms with Gasteiger partial charge in [-0.2, -0.15) is 43.9 Å². The molecule has 8 nitrogen and oxygen atoms in total. The van der Waals surface area contributed by atoms with Gasteiger partial charge in [-0.3, -0.25) is 9.59 Å². The van der Waals surface area contributed by atoms with E-state index in [1.54, 1.807) is 6.92 Å². The number of unbranched alkanes of at least 4 members (excludes halogenated alkanes) is 12. The summed E-state index contributed by atoms with van der Waals surface area (Å²) in [5, 5.41) is 51.4. The Balaban J connectivity index is 0.000000251. The Kier molecular flexibility index (Phi) is 25.4. The van der Waals surface area contributed by atoms with Crippen molar-refractivity contribution < 1.29 is 83.8 Å². The van der Waals surface area contributed by atoms with Gasteiger partial charge in [0.25, 0.3) is 0 Å². The molecular formula is C70H102F10O8. The number of esters is 1. The van der Waals surface area contributed by atoms with Crippen LogP contribution in [0.5, 0.6) is 11.5 Å². The summed E-state index contributed by atoms with van der Waals surface area (Å²) in [6.45, 7) is 6.39. The van der Waals surface area contributed by atoms with Gasteiger partial charge in [-0.05, 0) is 227 Å². The highest BCUT2D eigenvalue weighted by atomic mass is 19.4. The lowest BCUT2D eigenvalue weighted by atomic mass is 9.52. The van der Waals surface area contributed by atoms with E-state index in [9.17, 15) is 79.0 Å². The Morgan fingerprint density at radius 2 is 0.886 bits per heavy atom. The van der Waals surface area contributed by atoms with Gasteiger partial charge in [0, 0.05) is 12.8 Å². The van der Waals surface area contributed by atoms with Crippen molar-refractivity contribution in [2.24, 2.45) is 58.2 Å². The summed E-state index contributed by atoms with van der Waals surface area (Å²) in [6, 6.07) is 11.8. The molecule has 8 rings (SSSR count). The molecule has 5 N–H and O–H groups in total. The Morgan fingerprint density at radius 1 is 0.523 bits per heavy atom. The SMILES string of the molecule is CCOC(=O)C(CCCCCCCCC[C@@H]1Cc2cc(O)ccc2C2CC[C@@]3(C)C(CC[C@@H]3O)C21)CCCC(F)(F)C(F)(F)F.C[C@]12CCC3c4ccc(O)cc4C[C@@H](CCCCCCCCCC(CCCC(F)(F)C(F)(F)F)C(=O)O)C3C1CC[C@@H]2O. The zero-order valence-corrected chi connectivity index (χ0v) is 52.4. The van der Waals surface area contributed by atoms with Gasteiger partial charge in [0.05, 0.1) is 30.7 Å². The van der Waals surface area contributed by atoms with Crippen LogP contribution in [-0.2, 0) is 27.2 Å². The lowest BCUT2D eigenvalue weighted by Gasteiger charge is -2.53. The quantitative estimate of drug-likeness (QED) is 0.0285. The average Bonchev–Trinajstić information content (AvgIpc) is 1.39. The number of phenolic OH excluding ortho intramolecular Hbond substituents is 2. The summed E-state index contributed by atoms with van der Waals surface area (Å²) < 4.78 is 132. The number of benzene rings is 2. The maximum atomic E-state index is 13.3. The molecule has 8 unspecified atom stereocenters. The molecule has 6 aliphatic rings. The number of carbonyl (C=O) groups is 2. The molecule has 0 saturated heterocycles. The Hall–Kier alpha value is -3.80. The van der Waals surface area contributed by atoms with Crippen LogP contribution in [0.15, 0.2) is 36.4 Å². The summed E-state index contributed by atoms with van der Waals surface area (Å²) in [5.41, 5.74) is 5.38. The first-order valence-electron chi connectivity index (χ1n) is 33.8. The van der Waals surface area contributed by atoms with Crippen LogP contribution in [-0.4, -0.2) is 80.5 Å². The predicted molar refractivity (Wildman–Crippen MR) is 319 cm³/mol. The standard InChI is InChI=1S/C36H53F5O4.C34H49F5O4/c1-3-45-33(44)24(14-11-20-35(37,38)36(39,40)41)12-9-7-5-4-6-8-10-13-25-22-26-23-27(42)15-16-28(26)29-19-21-34(2)30(32(25)29)17-18-31(34)43;1-32-19-17-27-26-14-13-25(40)21-24(26)20-23(30(27)28(32)15-16-29(32)41)11-8-6-4-2-3-5-7-10-22(31(42)43)12-9-18-33(35,36)34(37,38)39/h15-16,23-25,29-32,42-43H,3-14,17-22H2,1-2H3;13-14,21-23,27-30,40-41H,2-12,15-20H2,1H3,(H,42,43)/t24?,25-,29?,30?,31+,32?,34+;22?,23-,27?,28?,29+,30?,32+/m11/s1. The van der Waals surface area contributed by atoms with Crippen molar-refractivity contribution in [3.8, 4) is 11.5 Å². The van der Waals surface area contributed by atoms with Crippen LogP contribution >= 0.6 is 0 Å². The average molecular weight is 1260 g/mol. The Labute approximate surface area is 516 Å². The van der Waals surface area contributed by atoms with Crippen molar-refractivity contribution in [2.45, 2.75) is 287 Å². The number of fused-ring (bicyclic) bond motifs is 10. The fraction of sp³-hybridized carbons (Fsp3) is 0.800. The number of carboxylic acids is 1. The smallest absolute Gasteiger partial charge is 0.453 e. The molecule has 0 amide bonds. The minimum atomic E-state index is -5.60. The van der Waals surface area contributed by atoms with E-state index in [1.807, 2.05) is 24.3 Å². The number of aromatic hydroxyl groups is 2.